The standard InChI is InChI=1S/C10H21NO/c1-6-9(2,3)11-7-10(4,8-11)12-5/h6-8H2,1-5H3. The van der Waals surface area contributed by atoms with Crippen LogP contribution in [0.15, 0.2) is 0 Å². The SMILES string of the molecule is CCC(C)(C)N1CC(C)(OC)C1. The lowest BCUT2D eigenvalue weighted by atomic mass is 9.87. The Morgan fingerprint density at radius 3 is 2.25 bits per heavy atom. The minimum Gasteiger partial charge on any atom is -0.376 e. The van der Waals surface area contributed by atoms with Crippen LogP contribution in [0, 0.1) is 0 Å². The maximum Gasteiger partial charge on any atom is 0.0903 e. The molecule has 0 spiro atoms. The van der Waals surface area contributed by atoms with E-state index in [1.165, 1.54) is 6.42 Å². The highest BCUT2D eigenvalue weighted by Gasteiger charge is 2.44. The van der Waals surface area contributed by atoms with E-state index in [0.717, 1.165) is 13.1 Å². The van der Waals surface area contributed by atoms with Gasteiger partial charge in [-0.05, 0) is 27.2 Å². The third-order valence-corrected chi connectivity index (χ3v) is 3.26. The maximum atomic E-state index is 5.40. The molecule has 0 unspecified atom stereocenters. The quantitative estimate of drug-likeness (QED) is 0.643. The van der Waals surface area contributed by atoms with Crippen molar-refractivity contribution in [3.05, 3.63) is 0 Å². The van der Waals surface area contributed by atoms with E-state index in [1.54, 1.807) is 7.11 Å². The predicted octanol–water partition coefficient (Wildman–Crippen LogP) is 1.90. The van der Waals surface area contributed by atoms with E-state index < -0.39 is 0 Å². The van der Waals surface area contributed by atoms with Gasteiger partial charge in [0.1, 0.15) is 0 Å². The molecule has 12 heavy (non-hydrogen) atoms. The van der Waals surface area contributed by atoms with E-state index >= 15 is 0 Å². The molecule has 1 aliphatic rings. The van der Waals surface area contributed by atoms with Crippen LogP contribution in [-0.2, 0) is 4.74 Å². The number of hydrogen-bond acceptors (Lipinski definition) is 2. The van der Waals surface area contributed by atoms with Crippen molar-refractivity contribution in [1.29, 1.82) is 0 Å². The second kappa shape index (κ2) is 3.00. The molecule has 0 aromatic carbocycles. The van der Waals surface area contributed by atoms with E-state index in [0.29, 0.717) is 5.54 Å². The van der Waals surface area contributed by atoms with Crippen LogP contribution in [0.3, 0.4) is 0 Å². The van der Waals surface area contributed by atoms with Gasteiger partial charge in [-0.15, -0.1) is 0 Å². The summed E-state index contributed by atoms with van der Waals surface area (Å²) >= 11 is 0. The van der Waals surface area contributed by atoms with E-state index in [1.807, 2.05) is 0 Å². The summed E-state index contributed by atoms with van der Waals surface area (Å²) in [7, 11) is 1.80. The van der Waals surface area contributed by atoms with Crippen LogP contribution >= 0.6 is 0 Å². The van der Waals surface area contributed by atoms with Crippen molar-refractivity contribution in [1.82, 2.24) is 4.90 Å². The summed E-state index contributed by atoms with van der Waals surface area (Å²) in [6.45, 7) is 11.1. The van der Waals surface area contributed by atoms with Gasteiger partial charge in [-0.3, -0.25) is 4.90 Å². The zero-order valence-corrected chi connectivity index (χ0v) is 8.98. The average molecular weight is 171 g/mol. The Kier molecular flexibility index (Phi) is 2.50. The van der Waals surface area contributed by atoms with Gasteiger partial charge < -0.3 is 4.74 Å². The normalized spacial score (nSPS) is 23.8. The fourth-order valence-electron chi connectivity index (χ4n) is 1.54. The molecule has 2 heteroatoms. The molecular weight excluding hydrogens is 150 g/mol. The molecule has 0 aromatic heterocycles. The topological polar surface area (TPSA) is 12.5 Å². The van der Waals surface area contributed by atoms with Crippen molar-refractivity contribution < 1.29 is 4.74 Å². The summed E-state index contributed by atoms with van der Waals surface area (Å²) < 4.78 is 5.40. The Bertz CT molecular complexity index is 159. The molecule has 1 rings (SSSR count). The first-order chi connectivity index (χ1) is 5.43. The molecule has 1 fully saturated rings. The Hall–Kier alpha value is -0.0800. The second-order valence-corrected chi connectivity index (χ2v) is 4.68. The van der Waals surface area contributed by atoms with Crippen molar-refractivity contribution in [2.75, 3.05) is 20.2 Å². The molecule has 0 saturated carbocycles. The Morgan fingerprint density at radius 1 is 1.42 bits per heavy atom. The van der Waals surface area contributed by atoms with Gasteiger partial charge in [0.05, 0.1) is 5.60 Å². The number of methoxy groups -OCH3 is 1. The number of nitrogens with zero attached hydrogens (tertiary/aromatic N) is 1. The molecule has 1 aliphatic heterocycles. The third kappa shape index (κ3) is 1.64. The molecule has 2 nitrogen and oxygen atoms in total. The molecule has 0 amide bonds. The van der Waals surface area contributed by atoms with Gasteiger partial charge in [0, 0.05) is 25.7 Å². The van der Waals surface area contributed by atoms with Crippen molar-refractivity contribution in [2.24, 2.45) is 0 Å². The van der Waals surface area contributed by atoms with Gasteiger partial charge in [-0.25, -0.2) is 0 Å². The highest BCUT2D eigenvalue weighted by atomic mass is 16.5. The summed E-state index contributed by atoms with van der Waals surface area (Å²) in [5, 5.41) is 0. The van der Waals surface area contributed by atoms with Crippen LogP contribution in [0.2, 0.25) is 0 Å². The third-order valence-electron chi connectivity index (χ3n) is 3.26. The summed E-state index contributed by atoms with van der Waals surface area (Å²) in [6, 6.07) is 0. The molecule has 1 heterocycles. The number of ether oxygens (including phenoxy) is 1. The fraction of sp³-hybridized carbons (Fsp3) is 1.00. The highest BCUT2D eigenvalue weighted by Crippen LogP contribution is 2.32. The van der Waals surface area contributed by atoms with Gasteiger partial charge in [0.25, 0.3) is 0 Å². The van der Waals surface area contributed by atoms with Crippen LogP contribution in [0.5, 0.6) is 0 Å². The molecule has 1 saturated heterocycles. The van der Waals surface area contributed by atoms with Gasteiger partial charge in [0.2, 0.25) is 0 Å². The average Bonchev–Trinajstić information content (AvgIpc) is 1.98. The molecule has 72 valence electrons. The fourth-order valence-corrected chi connectivity index (χ4v) is 1.54. The second-order valence-electron chi connectivity index (χ2n) is 4.68. The molecule has 0 radical (unpaired) electrons. The van der Waals surface area contributed by atoms with Crippen LogP contribution < -0.4 is 0 Å². The van der Waals surface area contributed by atoms with Gasteiger partial charge >= 0.3 is 0 Å². The first-order valence-corrected chi connectivity index (χ1v) is 4.74. The van der Waals surface area contributed by atoms with Crippen molar-refractivity contribution in [3.8, 4) is 0 Å². The lowest BCUT2D eigenvalue weighted by Gasteiger charge is -2.54. The molecule has 0 N–H and O–H groups in total. The summed E-state index contributed by atoms with van der Waals surface area (Å²) in [5.41, 5.74) is 0.463. The Morgan fingerprint density at radius 2 is 1.92 bits per heavy atom. The van der Waals surface area contributed by atoms with Crippen LogP contribution in [0.25, 0.3) is 0 Å². The molecular formula is C10H21NO. The predicted molar refractivity (Wildman–Crippen MR) is 51.4 cm³/mol. The van der Waals surface area contributed by atoms with Crippen molar-refractivity contribution in [3.63, 3.8) is 0 Å². The monoisotopic (exact) mass is 171 g/mol. The lowest BCUT2D eigenvalue weighted by molar-refractivity contribution is -0.144. The number of rotatable bonds is 3. The van der Waals surface area contributed by atoms with Crippen molar-refractivity contribution in [2.45, 2.75) is 45.3 Å². The van der Waals surface area contributed by atoms with Gasteiger partial charge in [-0.2, -0.15) is 0 Å². The molecule has 0 bridgehead atoms. The van der Waals surface area contributed by atoms with Gasteiger partial charge in [0.15, 0.2) is 0 Å². The first kappa shape index (κ1) is 10.0. The summed E-state index contributed by atoms with van der Waals surface area (Å²) in [5.74, 6) is 0. The van der Waals surface area contributed by atoms with Crippen LogP contribution in [-0.4, -0.2) is 36.2 Å². The smallest absolute Gasteiger partial charge is 0.0903 e. The van der Waals surface area contributed by atoms with E-state index in [2.05, 4.69) is 32.6 Å². The first-order valence-electron chi connectivity index (χ1n) is 4.74. The Balaban J connectivity index is 2.43. The summed E-state index contributed by atoms with van der Waals surface area (Å²) in [6.07, 6.45) is 1.20. The largest absolute Gasteiger partial charge is 0.376 e. The van der Waals surface area contributed by atoms with E-state index in [-0.39, 0.29) is 5.60 Å². The van der Waals surface area contributed by atoms with Crippen LogP contribution in [0.1, 0.15) is 34.1 Å². The lowest BCUT2D eigenvalue weighted by Crippen LogP contribution is -2.66. The zero-order chi connectivity index (χ0) is 9.41. The minimum absolute atomic E-state index is 0.118. The van der Waals surface area contributed by atoms with Crippen molar-refractivity contribution >= 4 is 0 Å². The highest BCUT2D eigenvalue weighted by molar-refractivity contribution is 4.99. The van der Waals surface area contributed by atoms with Crippen LogP contribution in [0.4, 0.5) is 0 Å². The van der Waals surface area contributed by atoms with E-state index in [9.17, 15) is 0 Å². The van der Waals surface area contributed by atoms with E-state index in [4.69, 9.17) is 4.74 Å². The molecule has 0 aromatic rings. The molecule has 0 atom stereocenters. The number of likely N-dealkylation sites (tertiary alicyclic amines) is 1. The zero-order valence-electron chi connectivity index (χ0n) is 8.98. The van der Waals surface area contributed by atoms with Gasteiger partial charge in [-0.1, -0.05) is 6.92 Å². The Labute approximate surface area is 75.9 Å². The summed E-state index contributed by atoms with van der Waals surface area (Å²) in [4.78, 5) is 2.48. The minimum atomic E-state index is 0.118. The number of hydrogen-bond donors (Lipinski definition) is 0. The maximum absolute atomic E-state index is 5.40. The molecule has 0 aliphatic carbocycles.